The fraction of sp³-hybridized carbons (Fsp3) is 0.333. The highest BCUT2D eigenvalue weighted by atomic mass is 32.2. The first-order valence-electron chi connectivity index (χ1n) is 7.08. The standard InChI is InChI=1S/C15H19N3O4S/c1-12-3-5-14(6-4-12)23(20,21)17-10-8-15(19)18(2)11-13-7-9-16-22-13/h3-7,9,17H,8,10-11H2,1-2H3. The van der Waals surface area contributed by atoms with Crippen molar-refractivity contribution in [1.82, 2.24) is 14.8 Å². The zero-order valence-corrected chi connectivity index (χ0v) is 13.8. The van der Waals surface area contributed by atoms with Gasteiger partial charge in [0.2, 0.25) is 15.9 Å². The van der Waals surface area contributed by atoms with E-state index in [1.165, 1.54) is 23.2 Å². The van der Waals surface area contributed by atoms with Crippen LogP contribution in [0.3, 0.4) is 0 Å². The molecule has 0 spiro atoms. The normalized spacial score (nSPS) is 11.4. The molecular weight excluding hydrogens is 318 g/mol. The maximum atomic E-state index is 12.1. The highest BCUT2D eigenvalue weighted by Crippen LogP contribution is 2.10. The van der Waals surface area contributed by atoms with E-state index in [4.69, 9.17) is 4.52 Å². The molecule has 23 heavy (non-hydrogen) atoms. The van der Waals surface area contributed by atoms with Crippen molar-refractivity contribution in [3.05, 3.63) is 47.9 Å². The molecule has 2 aromatic rings. The van der Waals surface area contributed by atoms with Crippen LogP contribution in [0, 0.1) is 6.92 Å². The van der Waals surface area contributed by atoms with Crippen molar-refractivity contribution in [1.29, 1.82) is 0 Å². The highest BCUT2D eigenvalue weighted by molar-refractivity contribution is 7.89. The smallest absolute Gasteiger partial charge is 0.240 e. The van der Waals surface area contributed by atoms with Crippen molar-refractivity contribution in [2.24, 2.45) is 0 Å². The number of aryl methyl sites for hydroxylation is 1. The molecule has 124 valence electrons. The average Bonchev–Trinajstić information content (AvgIpc) is 3.00. The van der Waals surface area contributed by atoms with Crippen molar-refractivity contribution in [3.63, 3.8) is 0 Å². The Labute approximate surface area is 135 Å². The van der Waals surface area contributed by atoms with Gasteiger partial charge < -0.3 is 9.42 Å². The van der Waals surface area contributed by atoms with Crippen molar-refractivity contribution in [2.75, 3.05) is 13.6 Å². The van der Waals surface area contributed by atoms with Crippen LogP contribution in [-0.2, 0) is 21.4 Å². The van der Waals surface area contributed by atoms with Crippen molar-refractivity contribution < 1.29 is 17.7 Å². The van der Waals surface area contributed by atoms with E-state index in [-0.39, 0.29) is 23.8 Å². The number of amides is 1. The summed E-state index contributed by atoms with van der Waals surface area (Å²) in [5, 5.41) is 3.56. The van der Waals surface area contributed by atoms with E-state index < -0.39 is 10.0 Å². The van der Waals surface area contributed by atoms with Crippen LogP contribution < -0.4 is 4.72 Å². The van der Waals surface area contributed by atoms with E-state index in [0.717, 1.165) is 5.56 Å². The second kappa shape index (κ2) is 7.38. The largest absolute Gasteiger partial charge is 0.360 e. The van der Waals surface area contributed by atoms with Crippen LogP contribution in [0.25, 0.3) is 0 Å². The summed E-state index contributed by atoms with van der Waals surface area (Å²) in [7, 11) is -1.97. The van der Waals surface area contributed by atoms with Gasteiger partial charge in [-0.25, -0.2) is 13.1 Å². The Kier molecular flexibility index (Phi) is 5.51. The average molecular weight is 337 g/mol. The molecule has 1 aromatic carbocycles. The Morgan fingerprint density at radius 1 is 1.26 bits per heavy atom. The van der Waals surface area contributed by atoms with Gasteiger partial charge in [-0.1, -0.05) is 22.9 Å². The fourth-order valence-electron chi connectivity index (χ4n) is 1.93. The Hall–Kier alpha value is -2.19. The van der Waals surface area contributed by atoms with Crippen LogP contribution in [0.2, 0.25) is 0 Å². The zero-order chi connectivity index (χ0) is 16.9. The van der Waals surface area contributed by atoms with Gasteiger partial charge >= 0.3 is 0 Å². The molecule has 1 heterocycles. The lowest BCUT2D eigenvalue weighted by Crippen LogP contribution is -2.31. The van der Waals surface area contributed by atoms with Crippen molar-refractivity contribution in [3.8, 4) is 0 Å². The summed E-state index contributed by atoms with van der Waals surface area (Å²) < 4.78 is 31.5. The third kappa shape index (κ3) is 4.90. The summed E-state index contributed by atoms with van der Waals surface area (Å²) in [6, 6.07) is 8.20. The lowest BCUT2D eigenvalue weighted by Gasteiger charge is -2.15. The third-order valence-corrected chi connectivity index (χ3v) is 4.75. The Morgan fingerprint density at radius 2 is 1.96 bits per heavy atom. The van der Waals surface area contributed by atoms with Gasteiger partial charge in [0.25, 0.3) is 0 Å². The second-order valence-corrected chi connectivity index (χ2v) is 6.96. The number of hydrogen-bond donors (Lipinski definition) is 1. The molecular formula is C15H19N3O4S. The molecule has 7 nitrogen and oxygen atoms in total. The highest BCUT2D eigenvalue weighted by Gasteiger charge is 2.15. The topological polar surface area (TPSA) is 92.5 Å². The molecule has 0 fully saturated rings. The number of carbonyl (C=O) groups excluding carboxylic acids is 1. The minimum Gasteiger partial charge on any atom is -0.360 e. The molecule has 8 heteroatoms. The van der Waals surface area contributed by atoms with E-state index in [0.29, 0.717) is 12.3 Å². The number of benzene rings is 1. The molecule has 0 aliphatic heterocycles. The maximum absolute atomic E-state index is 12.1. The molecule has 1 N–H and O–H groups in total. The van der Waals surface area contributed by atoms with E-state index in [1.807, 2.05) is 6.92 Å². The summed E-state index contributed by atoms with van der Waals surface area (Å²) in [5.41, 5.74) is 0.980. The quantitative estimate of drug-likeness (QED) is 0.822. The first-order chi connectivity index (χ1) is 10.9. The summed E-state index contributed by atoms with van der Waals surface area (Å²) in [6.07, 6.45) is 1.57. The molecule has 0 saturated carbocycles. The van der Waals surface area contributed by atoms with Crippen LogP contribution in [0.5, 0.6) is 0 Å². The summed E-state index contributed by atoms with van der Waals surface area (Å²) in [4.78, 5) is 13.6. The summed E-state index contributed by atoms with van der Waals surface area (Å²) in [5.74, 6) is 0.383. The molecule has 0 saturated heterocycles. The van der Waals surface area contributed by atoms with E-state index in [1.54, 1.807) is 25.2 Å². The lowest BCUT2D eigenvalue weighted by atomic mass is 10.2. The zero-order valence-electron chi connectivity index (χ0n) is 13.0. The predicted molar refractivity (Wildman–Crippen MR) is 84.0 cm³/mol. The van der Waals surface area contributed by atoms with Gasteiger partial charge in [-0.05, 0) is 19.1 Å². The van der Waals surface area contributed by atoms with E-state index >= 15 is 0 Å². The SMILES string of the molecule is Cc1ccc(S(=O)(=O)NCCC(=O)N(C)Cc2ccno2)cc1. The number of carbonyl (C=O) groups is 1. The second-order valence-electron chi connectivity index (χ2n) is 5.19. The molecule has 2 rings (SSSR count). The van der Waals surface area contributed by atoms with Crippen molar-refractivity contribution in [2.45, 2.75) is 24.8 Å². The Bertz CT molecular complexity index is 740. The van der Waals surface area contributed by atoms with E-state index in [2.05, 4.69) is 9.88 Å². The van der Waals surface area contributed by atoms with Gasteiger partial charge in [-0.2, -0.15) is 0 Å². The number of rotatable bonds is 7. The van der Waals surface area contributed by atoms with Gasteiger partial charge in [0.15, 0.2) is 5.76 Å². The number of aromatic nitrogens is 1. The minimum absolute atomic E-state index is 0.0375. The number of hydrogen-bond acceptors (Lipinski definition) is 5. The molecule has 0 radical (unpaired) electrons. The van der Waals surface area contributed by atoms with Gasteiger partial charge in [0, 0.05) is 26.1 Å². The first kappa shape index (κ1) is 17.2. The molecule has 1 aromatic heterocycles. The van der Waals surface area contributed by atoms with Gasteiger partial charge in [-0.15, -0.1) is 0 Å². The van der Waals surface area contributed by atoms with Gasteiger partial charge in [-0.3, -0.25) is 4.79 Å². The minimum atomic E-state index is -3.60. The van der Waals surface area contributed by atoms with Crippen LogP contribution in [-0.4, -0.2) is 38.0 Å². The molecule has 0 aliphatic rings. The molecule has 0 unspecified atom stereocenters. The predicted octanol–water partition coefficient (Wildman–Crippen LogP) is 1.31. The molecule has 0 bridgehead atoms. The van der Waals surface area contributed by atoms with Crippen LogP contribution in [0.15, 0.2) is 45.9 Å². The molecule has 0 aliphatic carbocycles. The van der Waals surface area contributed by atoms with Crippen molar-refractivity contribution >= 4 is 15.9 Å². The van der Waals surface area contributed by atoms with Gasteiger partial charge in [0.05, 0.1) is 17.6 Å². The summed E-state index contributed by atoms with van der Waals surface area (Å²) in [6.45, 7) is 2.21. The van der Waals surface area contributed by atoms with E-state index in [9.17, 15) is 13.2 Å². The van der Waals surface area contributed by atoms with Crippen LogP contribution in [0.1, 0.15) is 17.7 Å². The summed E-state index contributed by atoms with van der Waals surface area (Å²) >= 11 is 0. The monoisotopic (exact) mass is 337 g/mol. The van der Waals surface area contributed by atoms with Gasteiger partial charge in [0.1, 0.15) is 0 Å². The number of sulfonamides is 1. The Morgan fingerprint density at radius 3 is 2.57 bits per heavy atom. The fourth-order valence-corrected chi connectivity index (χ4v) is 2.96. The number of nitrogens with one attached hydrogen (secondary N) is 1. The molecule has 1 amide bonds. The lowest BCUT2D eigenvalue weighted by molar-refractivity contribution is -0.130. The van der Waals surface area contributed by atoms with Crippen LogP contribution >= 0.6 is 0 Å². The number of nitrogens with zero attached hydrogens (tertiary/aromatic N) is 2. The first-order valence-corrected chi connectivity index (χ1v) is 8.56. The van der Waals surface area contributed by atoms with Crippen LogP contribution in [0.4, 0.5) is 0 Å². The third-order valence-electron chi connectivity index (χ3n) is 3.27. The maximum Gasteiger partial charge on any atom is 0.240 e. The molecule has 0 atom stereocenters. The Balaban J connectivity index is 1.83.